The lowest BCUT2D eigenvalue weighted by Gasteiger charge is -2.26. The standard InChI is InChI=1S/C16H21ClN2O5S/c17-15-4-3-13(25(21,22)19-5-8-23-9-6-19)10-14(15)16(20)18-11-12-2-1-7-24-12/h3-4,10,12H,1-2,5-9,11H2,(H,18,20)/t12-/m1/s1. The molecule has 0 aliphatic carbocycles. The highest BCUT2D eigenvalue weighted by Crippen LogP contribution is 2.24. The van der Waals surface area contributed by atoms with E-state index >= 15 is 0 Å². The Labute approximate surface area is 152 Å². The van der Waals surface area contributed by atoms with Crippen LogP contribution in [0.15, 0.2) is 23.1 Å². The van der Waals surface area contributed by atoms with Crippen molar-refractivity contribution in [3.63, 3.8) is 0 Å². The van der Waals surface area contributed by atoms with Crippen molar-refractivity contribution in [2.75, 3.05) is 39.5 Å². The van der Waals surface area contributed by atoms with E-state index in [1.807, 2.05) is 0 Å². The number of carbonyl (C=O) groups is 1. The molecule has 1 aromatic rings. The zero-order valence-corrected chi connectivity index (χ0v) is 15.3. The molecule has 0 saturated carbocycles. The number of halogens is 1. The molecule has 2 saturated heterocycles. The third-order valence-electron chi connectivity index (χ3n) is 4.30. The Bertz CT molecular complexity index is 728. The number of carbonyl (C=O) groups excluding carboxylic acids is 1. The van der Waals surface area contributed by atoms with Gasteiger partial charge in [0.1, 0.15) is 0 Å². The Morgan fingerprint density at radius 2 is 2.04 bits per heavy atom. The topological polar surface area (TPSA) is 84.9 Å². The van der Waals surface area contributed by atoms with Crippen LogP contribution in [0.3, 0.4) is 0 Å². The molecule has 2 fully saturated rings. The van der Waals surface area contributed by atoms with Gasteiger partial charge in [-0.2, -0.15) is 4.31 Å². The van der Waals surface area contributed by atoms with Gasteiger partial charge in [0.15, 0.2) is 0 Å². The Balaban J connectivity index is 1.76. The van der Waals surface area contributed by atoms with Crippen LogP contribution < -0.4 is 5.32 Å². The number of ether oxygens (including phenoxy) is 2. The first kappa shape index (κ1) is 18.6. The summed E-state index contributed by atoms with van der Waals surface area (Å²) in [4.78, 5) is 12.5. The van der Waals surface area contributed by atoms with Gasteiger partial charge in [-0.25, -0.2) is 8.42 Å². The van der Waals surface area contributed by atoms with Gasteiger partial charge in [-0.1, -0.05) is 11.6 Å². The first-order valence-electron chi connectivity index (χ1n) is 8.26. The van der Waals surface area contributed by atoms with Gasteiger partial charge >= 0.3 is 0 Å². The summed E-state index contributed by atoms with van der Waals surface area (Å²) in [5, 5.41) is 2.98. The number of nitrogens with one attached hydrogen (secondary N) is 1. The van der Waals surface area contributed by atoms with E-state index in [-0.39, 0.29) is 21.6 Å². The second-order valence-corrected chi connectivity index (χ2v) is 8.35. The first-order valence-corrected chi connectivity index (χ1v) is 10.1. The summed E-state index contributed by atoms with van der Waals surface area (Å²) in [6.45, 7) is 2.41. The molecular formula is C16H21ClN2O5S. The summed E-state index contributed by atoms with van der Waals surface area (Å²) in [5.41, 5.74) is 0.147. The van der Waals surface area contributed by atoms with Crippen LogP contribution in [-0.4, -0.2) is 64.2 Å². The quantitative estimate of drug-likeness (QED) is 0.821. The Hall–Kier alpha value is -1.19. The van der Waals surface area contributed by atoms with Crippen LogP contribution in [0.1, 0.15) is 23.2 Å². The van der Waals surface area contributed by atoms with Crippen LogP contribution in [0, 0.1) is 0 Å². The Kier molecular flexibility index (Phi) is 5.96. The van der Waals surface area contributed by atoms with Crippen LogP contribution >= 0.6 is 11.6 Å². The second kappa shape index (κ2) is 8.01. The first-order chi connectivity index (χ1) is 12.0. The molecule has 2 heterocycles. The van der Waals surface area contributed by atoms with Crippen molar-refractivity contribution in [3.05, 3.63) is 28.8 Å². The van der Waals surface area contributed by atoms with Crippen molar-refractivity contribution in [1.29, 1.82) is 0 Å². The Morgan fingerprint density at radius 1 is 1.28 bits per heavy atom. The molecule has 3 rings (SSSR count). The molecule has 1 N–H and O–H groups in total. The van der Waals surface area contributed by atoms with Crippen molar-refractivity contribution < 1.29 is 22.7 Å². The number of amides is 1. The molecule has 25 heavy (non-hydrogen) atoms. The Morgan fingerprint density at radius 3 is 2.72 bits per heavy atom. The normalized spacial score (nSPS) is 22.0. The highest BCUT2D eigenvalue weighted by Gasteiger charge is 2.27. The van der Waals surface area contributed by atoms with E-state index in [2.05, 4.69) is 5.32 Å². The maximum absolute atomic E-state index is 12.7. The SMILES string of the molecule is O=C(NC[C@H]1CCCO1)c1cc(S(=O)(=O)N2CCOCC2)ccc1Cl. The third-order valence-corrected chi connectivity index (χ3v) is 6.53. The molecule has 2 aliphatic rings. The summed E-state index contributed by atoms with van der Waals surface area (Å²) in [7, 11) is -3.68. The van der Waals surface area contributed by atoms with Gasteiger partial charge in [0, 0.05) is 26.2 Å². The molecule has 9 heteroatoms. The van der Waals surface area contributed by atoms with E-state index in [9.17, 15) is 13.2 Å². The molecule has 0 bridgehead atoms. The van der Waals surface area contributed by atoms with E-state index in [1.54, 1.807) is 0 Å². The molecule has 138 valence electrons. The minimum Gasteiger partial charge on any atom is -0.379 e. The van der Waals surface area contributed by atoms with E-state index < -0.39 is 15.9 Å². The summed E-state index contributed by atoms with van der Waals surface area (Å²) in [6, 6.07) is 4.19. The average Bonchev–Trinajstić information content (AvgIpc) is 3.14. The molecule has 0 radical (unpaired) electrons. The number of rotatable bonds is 5. The van der Waals surface area contributed by atoms with Crippen molar-refractivity contribution in [2.24, 2.45) is 0 Å². The lowest BCUT2D eigenvalue weighted by Crippen LogP contribution is -2.40. The van der Waals surface area contributed by atoms with E-state index in [4.69, 9.17) is 21.1 Å². The molecule has 0 aromatic heterocycles. The van der Waals surface area contributed by atoms with E-state index in [0.717, 1.165) is 12.8 Å². The molecule has 1 aromatic carbocycles. The second-order valence-electron chi connectivity index (χ2n) is 6.00. The van der Waals surface area contributed by atoms with Gasteiger partial charge in [-0.3, -0.25) is 4.79 Å². The zero-order chi connectivity index (χ0) is 17.9. The van der Waals surface area contributed by atoms with Crippen molar-refractivity contribution in [2.45, 2.75) is 23.8 Å². The molecule has 0 spiro atoms. The predicted molar refractivity (Wildman–Crippen MR) is 92.3 cm³/mol. The fraction of sp³-hybridized carbons (Fsp3) is 0.562. The molecular weight excluding hydrogens is 368 g/mol. The number of hydrogen-bond donors (Lipinski definition) is 1. The molecule has 7 nitrogen and oxygen atoms in total. The van der Waals surface area contributed by atoms with Gasteiger partial charge in [-0.15, -0.1) is 0 Å². The zero-order valence-electron chi connectivity index (χ0n) is 13.7. The maximum atomic E-state index is 12.7. The maximum Gasteiger partial charge on any atom is 0.252 e. The third kappa shape index (κ3) is 4.32. The van der Waals surface area contributed by atoms with Crippen LogP contribution in [0.4, 0.5) is 0 Å². The van der Waals surface area contributed by atoms with E-state index in [1.165, 1.54) is 22.5 Å². The smallest absolute Gasteiger partial charge is 0.252 e. The molecule has 0 unspecified atom stereocenters. The number of nitrogens with zero attached hydrogens (tertiary/aromatic N) is 1. The van der Waals surface area contributed by atoms with Gasteiger partial charge in [-0.05, 0) is 31.0 Å². The monoisotopic (exact) mass is 388 g/mol. The molecule has 1 amide bonds. The minimum atomic E-state index is -3.68. The minimum absolute atomic E-state index is 0.00277. The number of hydrogen-bond acceptors (Lipinski definition) is 5. The summed E-state index contributed by atoms with van der Waals surface area (Å²) >= 11 is 6.10. The number of sulfonamides is 1. The van der Waals surface area contributed by atoms with Crippen LogP contribution in [-0.2, 0) is 19.5 Å². The number of morpholine rings is 1. The molecule has 2 aliphatic heterocycles. The predicted octanol–water partition coefficient (Wildman–Crippen LogP) is 1.27. The highest BCUT2D eigenvalue weighted by atomic mass is 35.5. The lowest BCUT2D eigenvalue weighted by molar-refractivity contribution is 0.0730. The van der Waals surface area contributed by atoms with Crippen molar-refractivity contribution >= 4 is 27.5 Å². The lowest BCUT2D eigenvalue weighted by atomic mass is 10.2. The van der Waals surface area contributed by atoms with Gasteiger partial charge in [0.2, 0.25) is 10.0 Å². The summed E-state index contributed by atoms with van der Waals surface area (Å²) in [5.74, 6) is -0.403. The average molecular weight is 389 g/mol. The van der Waals surface area contributed by atoms with Crippen molar-refractivity contribution in [1.82, 2.24) is 9.62 Å². The van der Waals surface area contributed by atoms with Crippen LogP contribution in [0.2, 0.25) is 5.02 Å². The fourth-order valence-electron chi connectivity index (χ4n) is 2.88. The van der Waals surface area contributed by atoms with Gasteiger partial charge < -0.3 is 14.8 Å². The highest BCUT2D eigenvalue weighted by molar-refractivity contribution is 7.89. The van der Waals surface area contributed by atoms with Crippen LogP contribution in [0.25, 0.3) is 0 Å². The van der Waals surface area contributed by atoms with Crippen molar-refractivity contribution in [3.8, 4) is 0 Å². The largest absolute Gasteiger partial charge is 0.379 e. The molecule has 1 atom stereocenters. The summed E-state index contributed by atoms with van der Waals surface area (Å²) < 4.78 is 37.4. The van der Waals surface area contributed by atoms with Crippen LogP contribution in [0.5, 0.6) is 0 Å². The number of benzene rings is 1. The van der Waals surface area contributed by atoms with Gasteiger partial charge in [0.25, 0.3) is 5.91 Å². The van der Waals surface area contributed by atoms with Gasteiger partial charge in [0.05, 0.1) is 34.8 Å². The van der Waals surface area contributed by atoms with E-state index in [0.29, 0.717) is 39.5 Å². The fourth-order valence-corrected chi connectivity index (χ4v) is 4.52. The summed E-state index contributed by atoms with van der Waals surface area (Å²) in [6.07, 6.45) is 1.89.